The number of carbonyl (C=O) groups excluding carboxylic acids is 2. The largest absolute Gasteiger partial charge is 0.490 e. The summed E-state index contributed by atoms with van der Waals surface area (Å²) >= 11 is 0. The first kappa shape index (κ1) is 27.4. The first-order valence-electron chi connectivity index (χ1n) is 12.8. The number of anilines is 1. The van der Waals surface area contributed by atoms with Crippen molar-refractivity contribution >= 4 is 23.5 Å². The molecule has 2 amide bonds. The van der Waals surface area contributed by atoms with Gasteiger partial charge in [-0.15, -0.1) is 0 Å². The monoisotopic (exact) mass is 529 g/mol. The van der Waals surface area contributed by atoms with Gasteiger partial charge < -0.3 is 25.2 Å². The molecule has 0 aliphatic heterocycles. The molecule has 3 N–H and O–H groups in total. The fourth-order valence-corrected chi connectivity index (χ4v) is 4.36. The van der Waals surface area contributed by atoms with Gasteiger partial charge in [0, 0.05) is 18.3 Å². The maximum atomic E-state index is 12.4. The molecule has 202 valence electrons. The van der Waals surface area contributed by atoms with Crippen LogP contribution in [0.1, 0.15) is 48.5 Å². The first-order chi connectivity index (χ1) is 18.9. The molecule has 1 heterocycles. The number of pyridine rings is 1. The highest BCUT2D eigenvalue weighted by Gasteiger charge is 2.23. The van der Waals surface area contributed by atoms with E-state index >= 15 is 0 Å². The van der Waals surface area contributed by atoms with Gasteiger partial charge in [-0.1, -0.05) is 24.3 Å². The van der Waals surface area contributed by atoms with E-state index in [1.54, 1.807) is 60.8 Å². The summed E-state index contributed by atoms with van der Waals surface area (Å²) in [4.78, 5) is 39.7. The molecule has 1 aliphatic carbocycles. The van der Waals surface area contributed by atoms with Gasteiger partial charge in [-0.05, 0) is 80.6 Å². The molecular formula is C30H31N3O6. The molecule has 9 nitrogen and oxygen atoms in total. The van der Waals surface area contributed by atoms with Gasteiger partial charge in [-0.25, -0.2) is 9.78 Å². The summed E-state index contributed by atoms with van der Waals surface area (Å²) in [6.07, 6.45) is 8.49. The molecule has 1 aliphatic rings. The van der Waals surface area contributed by atoms with E-state index in [-0.39, 0.29) is 41.6 Å². The Morgan fingerprint density at radius 3 is 2.36 bits per heavy atom. The second-order valence-corrected chi connectivity index (χ2v) is 9.25. The van der Waals surface area contributed by atoms with E-state index < -0.39 is 5.97 Å². The summed E-state index contributed by atoms with van der Waals surface area (Å²) in [5.74, 6) is 0.224. The number of nitrogens with zero attached hydrogens (tertiary/aromatic N) is 1. The third-order valence-corrected chi connectivity index (χ3v) is 6.28. The number of para-hydroxylation sites is 1. The number of hydrogen-bond acceptors (Lipinski definition) is 6. The highest BCUT2D eigenvalue weighted by Crippen LogP contribution is 2.27. The van der Waals surface area contributed by atoms with Crippen molar-refractivity contribution in [2.45, 2.75) is 51.2 Å². The predicted octanol–water partition coefficient (Wildman–Crippen LogP) is 5.14. The smallest absolute Gasteiger partial charge is 0.337 e. The molecule has 0 atom stereocenters. The van der Waals surface area contributed by atoms with Crippen molar-refractivity contribution < 1.29 is 29.0 Å². The van der Waals surface area contributed by atoms with Crippen molar-refractivity contribution in [2.24, 2.45) is 0 Å². The quantitative estimate of drug-likeness (QED) is 0.311. The van der Waals surface area contributed by atoms with Crippen LogP contribution < -0.4 is 20.1 Å². The second kappa shape index (κ2) is 13.2. The summed E-state index contributed by atoms with van der Waals surface area (Å²) in [5, 5.41) is 14.9. The number of aromatic carboxylic acids is 1. The summed E-state index contributed by atoms with van der Waals surface area (Å²) in [6, 6.07) is 17.2. The number of carboxylic acid groups (broad SMARTS) is 1. The van der Waals surface area contributed by atoms with Crippen LogP contribution in [0.3, 0.4) is 0 Å². The van der Waals surface area contributed by atoms with Crippen LogP contribution in [0.5, 0.6) is 17.4 Å². The number of allylic oxidation sites excluding steroid dienone is 1. The van der Waals surface area contributed by atoms with Gasteiger partial charge >= 0.3 is 5.97 Å². The van der Waals surface area contributed by atoms with E-state index in [0.717, 1.165) is 31.4 Å². The van der Waals surface area contributed by atoms with Gasteiger partial charge in [-0.2, -0.15) is 0 Å². The lowest BCUT2D eigenvalue weighted by atomic mass is 9.93. The molecule has 4 rings (SSSR count). The minimum Gasteiger partial charge on any atom is -0.490 e. The normalized spacial score (nSPS) is 16.8. The molecule has 0 radical (unpaired) electrons. The van der Waals surface area contributed by atoms with Crippen LogP contribution in [-0.4, -0.2) is 40.0 Å². The lowest BCUT2D eigenvalue weighted by Gasteiger charge is -2.29. The Morgan fingerprint density at radius 1 is 0.974 bits per heavy atom. The van der Waals surface area contributed by atoms with Crippen LogP contribution in [0.25, 0.3) is 0 Å². The van der Waals surface area contributed by atoms with E-state index in [1.807, 2.05) is 19.1 Å². The molecule has 9 heteroatoms. The molecule has 0 bridgehead atoms. The molecule has 0 saturated heterocycles. The fourth-order valence-electron chi connectivity index (χ4n) is 4.36. The van der Waals surface area contributed by atoms with Crippen molar-refractivity contribution in [1.29, 1.82) is 0 Å². The topological polar surface area (TPSA) is 127 Å². The second-order valence-electron chi connectivity index (χ2n) is 9.25. The van der Waals surface area contributed by atoms with E-state index in [2.05, 4.69) is 15.6 Å². The Hall–Kier alpha value is -4.66. The molecule has 1 saturated carbocycles. The van der Waals surface area contributed by atoms with Gasteiger partial charge in [0.1, 0.15) is 11.5 Å². The van der Waals surface area contributed by atoms with Crippen LogP contribution in [0.2, 0.25) is 0 Å². The molecular weight excluding hydrogens is 498 g/mol. The summed E-state index contributed by atoms with van der Waals surface area (Å²) in [6.45, 7) is 1.82. The third kappa shape index (κ3) is 8.16. The zero-order valence-electron chi connectivity index (χ0n) is 21.6. The number of ether oxygens (including phenoxy) is 2. The van der Waals surface area contributed by atoms with Crippen molar-refractivity contribution in [3.05, 3.63) is 90.1 Å². The van der Waals surface area contributed by atoms with Crippen LogP contribution >= 0.6 is 0 Å². The Kier molecular flexibility index (Phi) is 9.29. The highest BCUT2D eigenvalue weighted by atomic mass is 16.5. The number of carboxylic acids is 1. The number of benzene rings is 2. The first-order valence-corrected chi connectivity index (χ1v) is 12.8. The number of aromatic nitrogens is 1. The van der Waals surface area contributed by atoms with Crippen molar-refractivity contribution in [2.75, 3.05) is 5.32 Å². The highest BCUT2D eigenvalue weighted by molar-refractivity contribution is 6.01. The van der Waals surface area contributed by atoms with Gasteiger partial charge in [0.15, 0.2) is 0 Å². The van der Waals surface area contributed by atoms with Crippen LogP contribution in [0, 0.1) is 0 Å². The van der Waals surface area contributed by atoms with E-state index in [4.69, 9.17) is 9.47 Å². The molecule has 2 aromatic carbocycles. The predicted molar refractivity (Wildman–Crippen MR) is 146 cm³/mol. The summed E-state index contributed by atoms with van der Waals surface area (Å²) in [7, 11) is 0. The Bertz CT molecular complexity index is 1310. The summed E-state index contributed by atoms with van der Waals surface area (Å²) < 4.78 is 11.9. The third-order valence-electron chi connectivity index (χ3n) is 6.28. The minimum atomic E-state index is -1.11. The summed E-state index contributed by atoms with van der Waals surface area (Å²) in [5.41, 5.74) is 0.936. The van der Waals surface area contributed by atoms with Gasteiger partial charge in [0.2, 0.25) is 17.7 Å². The van der Waals surface area contributed by atoms with Gasteiger partial charge in [-0.3, -0.25) is 9.59 Å². The molecule has 39 heavy (non-hydrogen) atoms. The number of hydrogen-bond donors (Lipinski definition) is 3. The van der Waals surface area contributed by atoms with Crippen molar-refractivity contribution in [3.63, 3.8) is 0 Å². The maximum absolute atomic E-state index is 12.4. The number of rotatable bonds is 10. The van der Waals surface area contributed by atoms with E-state index in [9.17, 15) is 19.5 Å². The van der Waals surface area contributed by atoms with Crippen LogP contribution in [-0.2, 0) is 16.0 Å². The lowest BCUT2D eigenvalue weighted by molar-refractivity contribution is -0.117. The molecule has 0 unspecified atom stereocenters. The van der Waals surface area contributed by atoms with Gasteiger partial charge in [0.25, 0.3) is 0 Å². The maximum Gasteiger partial charge on any atom is 0.337 e. The average Bonchev–Trinajstić information content (AvgIpc) is 2.92. The SMILES string of the molecule is CC=CC(=O)NC1CCC(Oc2ccc(Oc3ccc(CC(=O)Nc4ccccc4C(=O)O)cn3)cc2)CC1. The number of amides is 2. The van der Waals surface area contributed by atoms with Crippen LogP contribution in [0.15, 0.2) is 79.0 Å². The zero-order chi connectivity index (χ0) is 27.6. The Morgan fingerprint density at radius 2 is 1.69 bits per heavy atom. The van der Waals surface area contributed by atoms with E-state index in [0.29, 0.717) is 17.2 Å². The number of nitrogens with one attached hydrogen (secondary N) is 2. The Labute approximate surface area is 226 Å². The average molecular weight is 530 g/mol. The minimum absolute atomic E-state index is 0.0298. The van der Waals surface area contributed by atoms with Crippen molar-refractivity contribution in [3.8, 4) is 17.4 Å². The zero-order valence-corrected chi connectivity index (χ0v) is 21.6. The molecule has 3 aromatic rings. The lowest BCUT2D eigenvalue weighted by Crippen LogP contribution is -2.38. The molecule has 1 aromatic heterocycles. The standard InChI is InChI=1S/C30H31N3O6/c1-2-5-27(34)32-21-9-11-22(12-10-21)38-23-13-15-24(16-14-23)39-29-17-8-20(19-31-29)18-28(35)33-26-7-4-3-6-25(26)30(36)37/h2-8,13-17,19,21-22H,9-12,18H2,1H3,(H,32,34)(H,33,35)(H,36,37). The number of carbonyl (C=O) groups is 3. The fraction of sp³-hybridized carbons (Fsp3) is 0.267. The van der Waals surface area contributed by atoms with Crippen LogP contribution in [0.4, 0.5) is 5.69 Å². The Balaban J connectivity index is 1.23. The van der Waals surface area contributed by atoms with Crippen molar-refractivity contribution in [1.82, 2.24) is 10.3 Å². The molecule has 1 fully saturated rings. The van der Waals surface area contributed by atoms with E-state index in [1.165, 1.54) is 6.07 Å². The molecule has 0 spiro atoms. The van der Waals surface area contributed by atoms with Gasteiger partial charge in [0.05, 0.1) is 23.8 Å².